The molecule has 1 aromatic heterocycles. The van der Waals surface area contributed by atoms with Crippen LogP contribution in [-0.2, 0) is 18.4 Å². The number of nitrogens with zero attached hydrogens (tertiary/aromatic N) is 5. The second kappa shape index (κ2) is 8.98. The average molecular weight is 362 g/mol. The standard InChI is InChI=1S/C20H35N5O/c1-16(2)9-10-19(26)25-13-7-8-17(14-25)20-22-21-18(23(20)3)15-24-11-5-4-6-12-24/h16-17H,4-15H2,1-3H3/t17-/m0/s1. The van der Waals surface area contributed by atoms with E-state index in [1.807, 2.05) is 0 Å². The molecule has 0 unspecified atom stereocenters. The van der Waals surface area contributed by atoms with Crippen LogP contribution in [0.3, 0.4) is 0 Å². The van der Waals surface area contributed by atoms with E-state index in [4.69, 9.17) is 0 Å². The Morgan fingerprint density at radius 2 is 1.88 bits per heavy atom. The van der Waals surface area contributed by atoms with Crippen molar-refractivity contribution in [2.75, 3.05) is 26.2 Å². The molecule has 0 aromatic carbocycles. The fourth-order valence-corrected chi connectivity index (χ4v) is 4.17. The monoisotopic (exact) mass is 361 g/mol. The predicted molar refractivity (Wildman–Crippen MR) is 103 cm³/mol. The maximum absolute atomic E-state index is 12.5. The molecule has 1 atom stereocenters. The molecule has 0 spiro atoms. The number of carbonyl (C=O) groups excluding carboxylic acids is 1. The highest BCUT2D eigenvalue weighted by Gasteiger charge is 2.28. The third-order valence-corrected chi connectivity index (χ3v) is 5.89. The van der Waals surface area contributed by atoms with Gasteiger partial charge in [-0.05, 0) is 51.1 Å². The van der Waals surface area contributed by atoms with Crippen LogP contribution in [0.2, 0.25) is 0 Å². The molecule has 6 nitrogen and oxygen atoms in total. The summed E-state index contributed by atoms with van der Waals surface area (Å²) < 4.78 is 2.18. The van der Waals surface area contributed by atoms with Crippen molar-refractivity contribution in [3.05, 3.63) is 11.6 Å². The van der Waals surface area contributed by atoms with Crippen LogP contribution in [-0.4, -0.2) is 56.7 Å². The molecule has 146 valence electrons. The molecule has 0 N–H and O–H groups in total. The molecule has 0 aliphatic carbocycles. The zero-order valence-corrected chi connectivity index (χ0v) is 16.8. The van der Waals surface area contributed by atoms with Crippen LogP contribution >= 0.6 is 0 Å². The Balaban J connectivity index is 1.60. The minimum absolute atomic E-state index is 0.305. The molecule has 0 bridgehead atoms. The summed E-state index contributed by atoms with van der Waals surface area (Å²) >= 11 is 0. The van der Waals surface area contributed by atoms with Gasteiger partial charge in [-0.25, -0.2) is 0 Å². The Bertz CT molecular complexity index is 591. The lowest BCUT2D eigenvalue weighted by Crippen LogP contribution is -2.39. The second-order valence-electron chi connectivity index (χ2n) is 8.48. The summed E-state index contributed by atoms with van der Waals surface area (Å²) in [5, 5.41) is 9.00. The molecule has 1 amide bonds. The Hall–Kier alpha value is -1.43. The summed E-state index contributed by atoms with van der Waals surface area (Å²) in [5.74, 6) is 3.32. The zero-order chi connectivity index (χ0) is 18.5. The smallest absolute Gasteiger partial charge is 0.222 e. The largest absolute Gasteiger partial charge is 0.342 e. The van der Waals surface area contributed by atoms with E-state index in [9.17, 15) is 4.79 Å². The molecule has 0 radical (unpaired) electrons. The van der Waals surface area contributed by atoms with Crippen LogP contribution in [0.1, 0.15) is 76.4 Å². The number of carbonyl (C=O) groups is 1. The number of hydrogen-bond donors (Lipinski definition) is 0. The minimum Gasteiger partial charge on any atom is -0.342 e. The van der Waals surface area contributed by atoms with Gasteiger partial charge >= 0.3 is 0 Å². The lowest BCUT2D eigenvalue weighted by molar-refractivity contribution is -0.132. The van der Waals surface area contributed by atoms with Crippen molar-refractivity contribution in [1.82, 2.24) is 24.6 Å². The van der Waals surface area contributed by atoms with E-state index in [0.29, 0.717) is 24.2 Å². The molecular formula is C20H35N5O. The maximum Gasteiger partial charge on any atom is 0.222 e. The van der Waals surface area contributed by atoms with Crippen LogP contribution in [0.4, 0.5) is 0 Å². The van der Waals surface area contributed by atoms with E-state index in [2.05, 4.69) is 45.5 Å². The SMILES string of the molecule is CC(C)CCC(=O)N1CCC[C@H](c2nnc(CN3CCCCC3)n2C)C1. The highest BCUT2D eigenvalue weighted by atomic mass is 16.2. The van der Waals surface area contributed by atoms with Gasteiger partial charge in [0.2, 0.25) is 5.91 Å². The van der Waals surface area contributed by atoms with Gasteiger partial charge in [-0.2, -0.15) is 0 Å². The van der Waals surface area contributed by atoms with Crippen molar-refractivity contribution < 1.29 is 4.79 Å². The van der Waals surface area contributed by atoms with E-state index >= 15 is 0 Å². The lowest BCUT2D eigenvalue weighted by atomic mass is 9.96. The van der Waals surface area contributed by atoms with E-state index in [0.717, 1.165) is 50.5 Å². The van der Waals surface area contributed by atoms with Gasteiger partial charge in [-0.1, -0.05) is 20.3 Å². The molecule has 0 saturated carbocycles. The fourth-order valence-electron chi connectivity index (χ4n) is 4.17. The van der Waals surface area contributed by atoms with Crippen molar-refractivity contribution >= 4 is 5.91 Å². The summed E-state index contributed by atoms with van der Waals surface area (Å²) in [6.45, 7) is 9.28. The molecule has 2 aliphatic heterocycles. The van der Waals surface area contributed by atoms with Gasteiger partial charge in [0.25, 0.3) is 0 Å². The number of likely N-dealkylation sites (tertiary alicyclic amines) is 2. The van der Waals surface area contributed by atoms with Crippen LogP contribution in [0.15, 0.2) is 0 Å². The average Bonchev–Trinajstić information content (AvgIpc) is 3.01. The molecule has 1 aromatic rings. The third kappa shape index (κ3) is 4.84. The van der Waals surface area contributed by atoms with Crippen LogP contribution in [0.5, 0.6) is 0 Å². The van der Waals surface area contributed by atoms with Crippen molar-refractivity contribution in [3.63, 3.8) is 0 Å². The molecule has 2 aliphatic rings. The summed E-state index contributed by atoms with van der Waals surface area (Å²) in [5.41, 5.74) is 0. The van der Waals surface area contributed by atoms with E-state index in [-0.39, 0.29) is 0 Å². The quantitative estimate of drug-likeness (QED) is 0.782. The zero-order valence-electron chi connectivity index (χ0n) is 16.8. The number of hydrogen-bond acceptors (Lipinski definition) is 4. The first-order valence-electron chi connectivity index (χ1n) is 10.4. The van der Waals surface area contributed by atoms with E-state index in [1.165, 1.54) is 32.4 Å². The predicted octanol–water partition coefficient (Wildman–Crippen LogP) is 2.94. The summed E-state index contributed by atoms with van der Waals surface area (Å²) in [6.07, 6.45) is 7.74. The van der Waals surface area contributed by atoms with Crippen molar-refractivity contribution in [2.45, 2.75) is 71.3 Å². The Morgan fingerprint density at radius 1 is 1.12 bits per heavy atom. The Labute approximate surface area is 157 Å². The molecule has 2 fully saturated rings. The van der Waals surface area contributed by atoms with Gasteiger partial charge in [-0.15, -0.1) is 10.2 Å². The van der Waals surface area contributed by atoms with Gasteiger partial charge in [0.15, 0.2) is 0 Å². The Morgan fingerprint density at radius 3 is 2.62 bits per heavy atom. The molecule has 26 heavy (non-hydrogen) atoms. The van der Waals surface area contributed by atoms with Gasteiger partial charge in [-0.3, -0.25) is 9.69 Å². The molecule has 3 heterocycles. The topological polar surface area (TPSA) is 54.3 Å². The molecule has 6 heteroatoms. The van der Waals surface area contributed by atoms with Crippen LogP contribution in [0, 0.1) is 5.92 Å². The minimum atomic E-state index is 0.305. The molecule has 3 rings (SSSR count). The number of piperidine rings is 2. The first kappa shape index (κ1) is 19.3. The van der Waals surface area contributed by atoms with E-state index in [1.54, 1.807) is 0 Å². The van der Waals surface area contributed by atoms with Gasteiger partial charge < -0.3 is 9.47 Å². The van der Waals surface area contributed by atoms with Crippen molar-refractivity contribution in [2.24, 2.45) is 13.0 Å². The Kier molecular flexibility index (Phi) is 6.68. The van der Waals surface area contributed by atoms with Gasteiger partial charge in [0, 0.05) is 32.5 Å². The van der Waals surface area contributed by atoms with Crippen LogP contribution in [0.25, 0.3) is 0 Å². The summed E-state index contributed by atoms with van der Waals surface area (Å²) in [4.78, 5) is 17.0. The van der Waals surface area contributed by atoms with Gasteiger partial charge in [0.05, 0.1) is 6.54 Å². The van der Waals surface area contributed by atoms with E-state index < -0.39 is 0 Å². The first-order chi connectivity index (χ1) is 12.5. The molecule has 2 saturated heterocycles. The number of aromatic nitrogens is 3. The second-order valence-corrected chi connectivity index (χ2v) is 8.48. The third-order valence-electron chi connectivity index (χ3n) is 5.89. The number of amides is 1. The van der Waals surface area contributed by atoms with Crippen molar-refractivity contribution in [3.8, 4) is 0 Å². The lowest BCUT2D eigenvalue weighted by Gasteiger charge is -2.32. The van der Waals surface area contributed by atoms with Gasteiger partial charge in [0.1, 0.15) is 11.6 Å². The summed E-state index contributed by atoms with van der Waals surface area (Å²) in [6, 6.07) is 0. The molecular weight excluding hydrogens is 326 g/mol. The normalized spacial score (nSPS) is 22.2. The fraction of sp³-hybridized carbons (Fsp3) is 0.850. The van der Waals surface area contributed by atoms with Crippen molar-refractivity contribution in [1.29, 1.82) is 0 Å². The summed E-state index contributed by atoms with van der Waals surface area (Å²) in [7, 11) is 2.09. The maximum atomic E-state index is 12.5. The number of rotatable bonds is 6. The van der Waals surface area contributed by atoms with Crippen LogP contribution < -0.4 is 0 Å². The highest BCUT2D eigenvalue weighted by molar-refractivity contribution is 5.76. The first-order valence-corrected chi connectivity index (χ1v) is 10.4. The highest BCUT2D eigenvalue weighted by Crippen LogP contribution is 2.27.